The van der Waals surface area contributed by atoms with E-state index in [1.165, 1.54) is 11.8 Å². The molecule has 0 saturated heterocycles. The highest BCUT2D eigenvalue weighted by atomic mass is 32.2. The molecule has 0 bridgehead atoms. The topological polar surface area (TPSA) is 78.4 Å². The Morgan fingerprint density at radius 2 is 2.33 bits per heavy atom. The molecule has 0 radical (unpaired) electrons. The molecule has 1 atom stereocenters. The van der Waals surface area contributed by atoms with Gasteiger partial charge in [0.15, 0.2) is 0 Å². The molecule has 2 amide bonds. The minimum absolute atomic E-state index is 0.0439. The van der Waals surface area contributed by atoms with Gasteiger partial charge in [-0.3, -0.25) is 14.8 Å². The number of thioether (sulfide) groups is 1. The first kappa shape index (κ1) is 14.3. The summed E-state index contributed by atoms with van der Waals surface area (Å²) in [4.78, 5) is 21.8. The molecule has 1 unspecified atom stereocenters. The van der Waals surface area contributed by atoms with E-state index in [1.807, 2.05) is 6.08 Å². The lowest BCUT2D eigenvalue weighted by atomic mass is 10.2. The van der Waals surface area contributed by atoms with Gasteiger partial charge in [0, 0.05) is 5.70 Å². The SMILES string of the molecule is C=C1C=C(C(=O)NO)SC1C=C/C=C(\C)NC=O. The molecular formula is C12H14N2O3S. The molecule has 1 rings (SSSR count). The Balaban J connectivity index is 2.60. The van der Waals surface area contributed by atoms with Gasteiger partial charge in [0.05, 0.1) is 10.2 Å². The van der Waals surface area contributed by atoms with E-state index in [9.17, 15) is 9.59 Å². The highest BCUT2D eigenvalue weighted by Crippen LogP contribution is 2.36. The molecule has 1 aliphatic rings. The quantitative estimate of drug-likeness (QED) is 0.303. The van der Waals surface area contributed by atoms with Crippen molar-refractivity contribution in [1.82, 2.24) is 10.8 Å². The lowest BCUT2D eigenvalue weighted by Crippen LogP contribution is -2.18. The summed E-state index contributed by atoms with van der Waals surface area (Å²) in [6.45, 7) is 5.60. The number of carbonyl (C=O) groups excluding carboxylic acids is 2. The van der Waals surface area contributed by atoms with Crippen LogP contribution in [0.4, 0.5) is 0 Å². The number of rotatable bonds is 5. The summed E-state index contributed by atoms with van der Waals surface area (Å²) in [6, 6.07) is 0. The van der Waals surface area contributed by atoms with Gasteiger partial charge in [0.25, 0.3) is 5.91 Å². The highest BCUT2D eigenvalue weighted by Gasteiger charge is 2.23. The highest BCUT2D eigenvalue weighted by molar-refractivity contribution is 8.05. The standard InChI is InChI=1S/C12H14N2O3S/c1-8-6-11(12(16)14-17)18-10(8)5-3-4-9(2)13-7-15/h3-7,10,17H,1H2,2H3,(H,13,15)(H,14,16)/b5-3?,9-4+. The smallest absolute Gasteiger partial charge is 0.281 e. The molecule has 0 aromatic rings. The molecule has 1 aliphatic heterocycles. The van der Waals surface area contributed by atoms with Crippen molar-refractivity contribution in [2.24, 2.45) is 0 Å². The Labute approximate surface area is 109 Å². The van der Waals surface area contributed by atoms with E-state index >= 15 is 0 Å². The van der Waals surface area contributed by atoms with E-state index in [4.69, 9.17) is 5.21 Å². The third-order valence-electron chi connectivity index (χ3n) is 2.18. The lowest BCUT2D eigenvalue weighted by molar-refractivity contribution is -0.124. The van der Waals surface area contributed by atoms with Crippen LogP contribution in [0.1, 0.15) is 6.92 Å². The molecule has 0 aromatic carbocycles. The van der Waals surface area contributed by atoms with Crippen LogP contribution in [0, 0.1) is 0 Å². The fourth-order valence-corrected chi connectivity index (χ4v) is 2.31. The molecule has 0 spiro atoms. The number of hydrogen-bond donors (Lipinski definition) is 3. The van der Waals surface area contributed by atoms with Crippen molar-refractivity contribution in [1.29, 1.82) is 0 Å². The largest absolute Gasteiger partial charge is 0.333 e. The fourth-order valence-electron chi connectivity index (χ4n) is 1.28. The summed E-state index contributed by atoms with van der Waals surface area (Å²) >= 11 is 1.30. The molecule has 6 heteroatoms. The maximum Gasteiger partial charge on any atom is 0.281 e. The average Bonchev–Trinajstić information content (AvgIpc) is 2.70. The van der Waals surface area contributed by atoms with Gasteiger partial charge in [-0.1, -0.05) is 18.7 Å². The van der Waals surface area contributed by atoms with Crippen LogP contribution < -0.4 is 10.8 Å². The van der Waals surface area contributed by atoms with Gasteiger partial charge in [0.2, 0.25) is 6.41 Å². The predicted molar refractivity (Wildman–Crippen MR) is 70.6 cm³/mol. The second kappa shape index (κ2) is 6.83. The normalized spacial score (nSPS) is 19.9. The van der Waals surface area contributed by atoms with Crippen molar-refractivity contribution in [2.75, 3.05) is 0 Å². The number of hydrogen-bond acceptors (Lipinski definition) is 4. The van der Waals surface area contributed by atoms with Crippen molar-refractivity contribution in [2.45, 2.75) is 12.2 Å². The van der Waals surface area contributed by atoms with Crippen molar-refractivity contribution in [3.63, 3.8) is 0 Å². The number of nitrogens with one attached hydrogen (secondary N) is 2. The van der Waals surface area contributed by atoms with Crippen LogP contribution in [0.2, 0.25) is 0 Å². The fraction of sp³-hybridized carbons (Fsp3) is 0.167. The van der Waals surface area contributed by atoms with Gasteiger partial charge < -0.3 is 5.32 Å². The predicted octanol–water partition coefficient (Wildman–Crippen LogP) is 1.25. The van der Waals surface area contributed by atoms with Crippen molar-refractivity contribution < 1.29 is 14.8 Å². The minimum atomic E-state index is -0.536. The number of hydroxylamine groups is 1. The first-order chi connectivity index (χ1) is 8.58. The lowest BCUT2D eigenvalue weighted by Gasteiger charge is -2.04. The van der Waals surface area contributed by atoms with Crippen LogP contribution in [0.3, 0.4) is 0 Å². The molecule has 0 fully saturated rings. The molecule has 18 heavy (non-hydrogen) atoms. The molecule has 0 saturated carbocycles. The number of amides is 2. The summed E-state index contributed by atoms with van der Waals surface area (Å²) < 4.78 is 0. The number of carbonyl (C=O) groups is 2. The van der Waals surface area contributed by atoms with Crippen LogP contribution in [0.5, 0.6) is 0 Å². The van der Waals surface area contributed by atoms with Crippen LogP contribution in [-0.4, -0.2) is 22.8 Å². The Bertz CT molecular complexity index is 452. The molecule has 3 N–H and O–H groups in total. The molecule has 0 aromatic heterocycles. The third-order valence-corrected chi connectivity index (χ3v) is 3.45. The first-order valence-corrected chi connectivity index (χ1v) is 6.03. The van der Waals surface area contributed by atoms with Gasteiger partial charge in [-0.15, -0.1) is 11.8 Å². The molecular weight excluding hydrogens is 252 g/mol. The zero-order chi connectivity index (χ0) is 13.5. The zero-order valence-electron chi connectivity index (χ0n) is 9.84. The van der Waals surface area contributed by atoms with E-state index in [-0.39, 0.29) is 5.25 Å². The van der Waals surface area contributed by atoms with Gasteiger partial charge in [-0.05, 0) is 24.6 Å². The first-order valence-electron chi connectivity index (χ1n) is 5.15. The molecule has 1 heterocycles. The monoisotopic (exact) mass is 266 g/mol. The van der Waals surface area contributed by atoms with Gasteiger partial charge >= 0.3 is 0 Å². The van der Waals surface area contributed by atoms with Crippen molar-refractivity contribution >= 4 is 24.1 Å². The van der Waals surface area contributed by atoms with Crippen LogP contribution in [0.15, 0.2) is 47.1 Å². The number of allylic oxidation sites excluding steroid dienone is 4. The maximum atomic E-state index is 11.2. The Morgan fingerprint density at radius 3 is 2.94 bits per heavy atom. The summed E-state index contributed by atoms with van der Waals surface area (Å²) in [5, 5.41) is 11.0. The molecule has 5 nitrogen and oxygen atoms in total. The van der Waals surface area contributed by atoms with Crippen LogP contribution in [0.25, 0.3) is 0 Å². The van der Waals surface area contributed by atoms with Gasteiger partial charge in [-0.25, -0.2) is 5.48 Å². The van der Waals surface area contributed by atoms with E-state index < -0.39 is 5.91 Å². The Morgan fingerprint density at radius 1 is 1.61 bits per heavy atom. The van der Waals surface area contributed by atoms with Crippen molar-refractivity contribution in [3.8, 4) is 0 Å². The Hall–Kier alpha value is -1.79. The molecule has 96 valence electrons. The third kappa shape index (κ3) is 3.90. The van der Waals surface area contributed by atoms with E-state index in [0.717, 1.165) is 11.3 Å². The van der Waals surface area contributed by atoms with Crippen LogP contribution in [-0.2, 0) is 9.59 Å². The summed E-state index contributed by atoms with van der Waals surface area (Å²) in [6.07, 6.45) is 7.62. The van der Waals surface area contributed by atoms with Crippen LogP contribution >= 0.6 is 11.8 Å². The summed E-state index contributed by atoms with van der Waals surface area (Å²) in [5.41, 5.74) is 3.09. The second-order valence-electron chi connectivity index (χ2n) is 3.56. The minimum Gasteiger partial charge on any atom is -0.333 e. The zero-order valence-corrected chi connectivity index (χ0v) is 10.7. The average molecular weight is 266 g/mol. The molecule has 0 aliphatic carbocycles. The summed E-state index contributed by atoms with van der Waals surface area (Å²) in [7, 11) is 0. The van der Waals surface area contributed by atoms with E-state index in [2.05, 4.69) is 11.9 Å². The van der Waals surface area contributed by atoms with E-state index in [1.54, 1.807) is 30.6 Å². The van der Waals surface area contributed by atoms with Gasteiger partial charge in [-0.2, -0.15) is 0 Å². The second-order valence-corrected chi connectivity index (χ2v) is 4.74. The van der Waals surface area contributed by atoms with E-state index in [0.29, 0.717) is 11.3 Å². The van der Waals surface area contributed by atoms with Crippen molar-refractivity contribution in [3.05, 3.63) is 47.1 Å². The summed E-state index contributed by atoms with van der Waals surface area (Å²) in [5.74, 6) is -0.536. The maximum absolute atomic E-state index is 11.2. The Kier molecular flexibility index (Phi) is 5.41. The van der Waals surface area contributed by atoms with Gasteiger partial charge in [0.1, 0.15) is 0 Å².